The van der Waals surface area contributed by atoms with E-state index in [1.807, 2.05) is 0 Å². The molecule has 0 aliphatic carbocycles. The average Bonchev–Trinajstić information content (AvgIpc) is 2.53. The molecule has 0 spiro atoms. The number of aliphatic hydroxyl groups excluding tert-OH is 2. The third-order valence-electron chi connectivity index (χ3n) is 1.41. The first-order chi connectivity index (χ1) is 5.25. The Bertz CT molecular complexity index is 197. The van der Waals surface area contributed by atoms with Gasteiger partial charge in [0.1, 0.15) is 6.10 Å². The quantitative estimate of drug-likeness (QED) is 0.674. The number of hydrogen-bond acceptors (Lipinski definition) is 3. The predicted molar refractivity (Wildman–Crippen MR) is 40.4 cm³/mol. The van der Waals surface area contributed by atoms with E-state index in [2.05, 4.69) is 0 Å². The Morgan fingerprint density at radius 1 is 1.55 bits per heavy atom. The van der Waals surface area contributed by atoms with Crippen LogP contribution in [0.15, 0.2) is 23.0 Å². The summed E-state index contributed by atoms with van der Waals surface area (Å²) in [5.41, 5.74) is 0.540. The largest absolute Gasteiger partial charge is 0.472 e. The molecule has 0 saturated carbocycles. The lowest BCUT2D eigenvalue weighted by Gasteiger charge is -2.12. The van der Waals surface area contributed by atoms with E-state index in [4.69, 9.17) is 21.1 Å². The van der Waals surface area contributed by atoms with Crippen molar-refractivity contribution in [3.8, 4) is 0 Å². The Kier molecular flexibility index (Phi) is 2.93. The second-order valence-electron chi connectivity index (χ2n) is 2.22. The van der Waals surface area contributed by atoms with Gasteiger partial charge in [-0.05, 0) is 6.07 Å². The van der Waals surface area contributed by atoms with Gasteiger partial charge in [0.25, 0.3) is 0 Å². The first-order valence-electron chi connectivity index (χ1n) is 3.20. The molecule has 0 aromatic carbocycles. The van der Waals surface area contributed by atoms with Crippen molar-refractivity contribution in [3.63, 3.8) is 0 Å². The minimum absolute atomic E-state index is 0.00630. The summed E-state index contributed by atoms with van der Waals surface area (Å²) < 4.78 is 4.72. The van der Waals surface area contributed by atoms with Crippen molar-refractivity contribution in [1.82, 2.24) is 0 Å². The smallest absolute Gasteiger partial charge is 0.109 e. The van der Waals surface area contributed by atoms with Crippen molar-refractivity contribution in [2.75, 3.05) is 5.88 Å². The summed E-state index contributed by atoms with van der Waals surface area (Å²) in [5, 5.41) is 18.4. The molecule has 1 aromatic heterocycles. The van der Waals surface area contributed by atoms with Crippen LogP contribution in [-0.4, -0.2) is 22.2 Å². The third-order valence-corrected chi connectivity index (χ3v) is 1.72. The van der Waals surface area contributed by atoms with Gasteiger partial charge >= 0.3 is 0 Å². The molecule has 1 aromatic rings. The van der Waals surface area contributed by atoms with Crippen LogP contribution in [0.2, 0.25) is 0 Å². The Hall–Kier alpha value is -0.510. The molecule has 0 aliphatic rings. The zero-order chi connectivity index (χ0) is 8.27. The second-order valence-corrected chi connectivity index (χ2v) is 2.53. The summed E-state index contributed by atoms with van der Waals surface area (Å²) >= 11 is 5.32. The lowest BCUT2D eigenvalue weighted by Crippen LogP contribution is -2.18. The van der Waals surface area contributed by atoms with Crippen LogP contribution < -0.4 is 0 Å². The molecule has 4 heteroatoms. The highest BCUT2D eigenvalue weighted by molar-refractivity contribution is 6.18. The summed E-state index contributed by atoms with van der Waals surface area (Å²) in [7, 11) is 0. The van der Waals surface area contributed by atoms with Crippen LogP contribution in [-0.2, 0) is 0 Å². The van der Waals surface area contributed by atoms with E-state index in [0.717, 1.165) is 0 Å². The van der Waals surface area contributed by atoms with Crippen molar-refractivity contribution < 1.29 is 14.6 Å². The molecule has 62 valence electrons. The van der Waals surface area contributed by atoms with Crippen molar-refractivity contribution in [2.45, 2.75) is 12.2 Å². The van der Waals surface area contributed by atoms with E-state index in [9.17, 15) is 5.11 Å². The molecule has 2 unspecified atom stereocenters. The van der Waals surface area contributed by atoms with E-state index in [0.29, 0.717) is 5.56 Å². The summed E-state index contributed by atoms with van der Waals surface area (Å²) in [6, 6.07) is 1.58. The van der Waals surface area contributed by atoms with Crippen molar-refractivity contribution >= 4 is 11.6 Å². The predicted octanol–water partition coefficient (Wildman–Crippen LogP) is 0.913. The minimum Gasteiger partial charge on any atom is -0.472 e. The highest BCUT2D eigenvalue weighted by atomic mass is 35.5. The van der Waals surface area contributed by atoms with Gasteiger partial charge in [-0.15, -0.1) is 11.6 Å². The normalized spacial score (nSPS) is 16.3. The van der Waals surface area contributed by atoms with Crippen LogP contribution in [0.5, 0.6) is 0 Å². The number of rotatable bonds is 3. The maximum atomic E-state index is 9.28. The Morgan fingerprint density at radius 2 is 2.27 bits per heavy atom. The van der Waals surface area contributed by atoms with Gasteiger partial charge in [0.15, 0.2) is 0 Å². The summed E-state index contributed by atoms with van der Waals surface area (Å²) in [6.07, 6.45) is 0.917. The van der Waals surface area contributed by atoms with Gasteiger partial charge < -0.3 is 14.6 Å². The second kappa shape index (κ2) is 3.76. The maximum Gasteiger partial charge on any atom is 0.109 e. The fraction of sp³-hybridized carbons (Fsp3) is 0.429. The van der Waals surface area contributed by atoms with Crippen LogP contribution in [0.3, 0.4) is 0 Å². The van der Waals surface area contributed by atoms with Gasteiger partial charge in [-0.1, -0.05) is 0 Å². The van der Waals surface area contributed by atoms with Crippen LogP contribution in [0.25, 0.3) is 0 Å². The maximum absolute atomic E-state index is 9.28. The van der Waals surface area contributed by atoms with Gasteiger partial charge in [0, 0.05) is 5.56 Å². The Morgan fingerprint density at radius 3 is 2.73 bits per heavy atom. The lowest BCUT2D eigenvalue weighted by atomic mass is 10.1. The standard InChI is InChI=1S/C7H9ClO3/c8-3-6(9)7(10)5-1-2-11-4-5/h1-2,4,6-7,9-10H,3H2. The molecule has 0 radical (unpaired) electrons. The Balaban J connectivity index is 2.62. The van der Waals surface area contributed by atoms with Crippen LogP contribution in [0, 0.1) is 0 Å². The zero-order valence-electron chi connectivity index (χ0n) is 5.77. The highest BCUT2D eigenvalue weighted by Gasteiger charge is 2.17. The van der Waals surface area contributed by atoms with Crippen molar-refractivity contribution in [3.05, 3.63) is 24.2 Å². The fourth-order valence-corrected chi connectivity index (χ4v) is 0.919. The monoisotopic (exact) mass is 176 g/mol. The van der Waals surface area contributed by atoms with E-state index < -0.39 is 12.2 Å². The molecule has 0 aliphatic heterocycles. The molecule has 0 amide bonds. The lowest BCUT2D eigenvalue weighted by molar-refractivity contribution is 0.0323. The molecule has 3 nitrogen and oxygen atoms in total. The topological polar surface area (TPSA) is 53.6 Å². The van der Waals surface area contributed by atoms with Gasteiger partial charge in [-0.3, -0.25) is 0 Å². The van der Waals surface area contributed by atoms with Crippen molar-refractivity contribution in [1.29, 1.82) is 0 Å². The molecule has 0 saturated heterocycles. The van der Waals surface area contributed by atoms with E-state index in [1.54, 1.807) is 6.07 Å². The third kappa shape index (κ3) is 1.96. The molecule has 0 fully saturated rings. The molecule has 1 heterocycles. The summed E-state index contributed by atoms with van der Waals surface area (Å²) in [5.74, 6) is 0.00630. The molecule has 0 bridgehead atoms. The minimum atomic E-state index is -0.953. The zero-order valence-corrected chi connectivity index (χ0v) is 6.53. The number of hydrogen-bond donors (Lipinski definition) is 2. The van der Waals surface area contributed by atoms with Crippen molar-refractivity contribution in [2.24, 2.45) is 0 Å². The summed E-state index contributed by atoms with van der Waals surface area (Å²) in [4.78, 5) is 0. The molecule has 1 rings (SSSR count). The molecular formula is C7H9ClO3. The fourth-order valence-electron chi connectivity index (χ4n) is 0.750. The van der Waals surface area contributed by atoms with Gasteiger partial charge in [0.05, 0.1) is 24.5 Å². The molecular weight excluding hydrogens is 168 g/mol. The van der Waals surface area contributed by atoms with Crippen LogP contribution >= 0.6 is 11.6 Å². The van der Waals surface area contributed by atoms with Gasteiger partial charge in [-0.25, -0.2) is 0 Å². The van der Waals surface area contributed by atoms with Gasteiger partial charge in [0.2, 0.25) is 0 Å². The Labute approximate surface area is 69.2 Å². The summed E-state index contributed by atoms with van der Waals surface area (Å²) in [6.45, 7) is 0. The first kappa shape index (κ1) is 8.59. The molecule has 2 atom stereocenters. The van der Waals surface area contributed by atoms with E-state index in [1.165, 1.54) is 12.5 Å². The average molecular weight is 177 g/mol. The highest BCUT2D eigenvalue weighted by Crippen LogP contribution is 2.17. The van der Waals surface area contributed by atoms with Crippen LogP contribution in [0.1, 0.15) is 11.7 Å². The molecule has 11 heavy (non-hydrogen) atoms. The number of alkyl halides is 1. The van der Waals surface area contributed by atoms with Gasteiger partial charge in [-0.2, -0.15) is 0 Å². The number of aliphatic hydroxyl groups is 2. The van der Waals surface area contributed by atoms with E-state index >= 15 is 0 Å². The van der Waals surface area contributed by atoms with Crippen LogP contribution in [0.4, 0.5) is 0 Å². The number of furan rings is 1. The SMILES string of the molecule is OC(CCl)C(O)c1ccoc1. The van der Waals surface area contributed by atoms with E-state index in [-0.39, 0.29) is 5.88 Å². The first-order valence-corrected chi connectivity index (χ1v) is 3.73. The number of halogens is 1. The molecule has 2 N–H and O–H groups in total.